The summed E-state index contributed by atoms with van der Waals surface area (Å²) >= 11 is 0. The summed E-state index contributed by atoms with van der Waals surface area (Å²) < 4.78 is 12.5. The molecule has 0 atom stereocenters. The highest BCUT2D eigenvalue weighted by Crippen LogP contribution is 2.27. The van der Waals surface area contributed by atoms with Gasteiger partial charge in [-0.2, -0.15) is 4.98 Å². The van der Waals surface area contributed by atoms with E-state index in [9.17, 15) is 4.79 Å². The van der Waals surface area contributed by atoms with Crippen molar-refractivity contribution < 1.29 is 14.3 Å². The predicted molar refractivity (Wildman–Crippen MR) is 103 cm³/mol. The van der Waals surface area contributed by atoms with Gasteiger partial charge >= 0.3 is 6.01 Å². The topological polar surface area (TPSA) is 78.3 Å². The fourth-order valence-electron chi connectivity index (χ4n) is 2.58. The van der Waals surface area contributed by atoms with Crippen LogP contribution in [-0.4, -0.2) is 34.4 Å². The fraction of sp³-hybridized carbons (Fsp3) is 0.250. The van der Waals surface area contributed by atoms with Gasteiger partial charge in [0.1, 0.15) is 5.75 Å². The van der Waals surface area contributed by atoms with Crippen LogP contribution in [0.4, 0.5) is 5.69 Å². The van der Waals surface area contributed by atoms with Crippen molar-refractivity contribution in [1.29, 1.82) is 0 Å². The van der Waals surface area contributed by atoms with Crippen molar-refractivity contribution in [1.82, 2.24) is 14.8 Å². The van der Waals surface area contributed by atoms with E-state index in [0.717, 1.165) is 17.0 Å². The lowest BCUT2D eigenvalue weighted by molar-refractivity contribution is -0.115. The smallest absolute Gasteiger partial charge is 0.336 e. The SMILES string of the molecule is CCOc1nc(-c2cccc(OC)c2)n(-c2cccc(NC(=O)CC)c2)n1. The molecule has 0 aliphatic heterocycles. The number of amides is 1. The largest absolute Gasteiger partial charge is 0.497 e. The lowest BCUT2D eigenvalue weighted by Crippen LogP contribution is -2.10. The summed E-state index contributed by atoms with van der Waals surface area (Å²) in [6.07, 6.45) is 0.414. The van der Waals surface area contributed by atoms with Crippen molar-refractivity contribution in [3.05, 3.63) is 48.5 Å². The molecule has 0 bridgehead atoms. The number of hydrogen-bond acceptors (Lipinski definition) is 5. The second-order valence-corrected chi connectivity index (χ2v) is 5.75. The monoisotopic (exact) mass is 366 g/mol. The van der Waals surface area contributed by atoms with Crippen LogP contribution in [0.3, 0.4) is 0 Å². The molecular weight excluding hydrogens is 344 g/mol. The van der Waals surface area contributed by atoms with Gasteiger partial charge in [-0.25, -0.2) is 4.68 Å². The van der Waals surface area contributed by atoms with Crippen molar-refractivity contribution in [3.8, 4) is 28.8 Å². The maximum atomic E-state index is 11.7. The highest BCUT2D eigenvalue weighted by molar-refractivity contribution is 5.90. The molecule has 0 fully saturated rings. The van der Waals surface area contributed by atoms with E-state index >= 15 is 0 Å². The van der Waals surface area contributed by atoms with E-state index in [1.54, 1.807) is 11.8 Å². The van der Waals surface area contributed by atoms with Crippen molar-refractivity contribution >= 4 is 11.6 Å². The molecule has 0 spiro atoms. The first-order chi connectivity index (χ1) is 13.1. The molecule has 1 amide bonds. The average molecular weight is 366 g/mol. The van der Waals surface area contributed by atoms with Crippen LogP contribution < -0.4 is 14.8 Å². The minimum Gasteiger partial charge on any atom is -0.497 e. The first-order valence-electron chi connectivity index (χ1n) is 8.79. The second kappa shape index (κ2) is 8.35. The molecule has 7 nitrogen and oxygen atoms in total. The van der Waals surface area contributed by atoms with Gasteiger partial charge in [-0.05, 0) is 37.3 Å². The van der Waals surface area contributed by atoms with Crippen LogP contribution in [0.5, 0.6) is 11.8 Å². The number of anilines is 1. The maximum Gasteiger partial charge on any atom is 0.336 e. The molecule has 2 aromatic carbocycles. The number of nitrogens with zero attached hydrogens (tertiary/aromatic N) is 3. The molecule has 1 aromatic heterocycles. The average Bonchev–Trinajstić information content (AvgIpc) is 3.12. The van der Waals surface area contributed by atoms with E-state index < -0.39 is 0 Å². The zero-order chi connectivity index (χ0) is 19.2. The third-order valence-corrected chi connectivity index (χ3v) is 3.88. The number of ether oxygens (including phenoxy) is 2. The Morgan fingerprint density at radius 3 is 2.70 bits per heavy atom. The van der Waals surface area contributed by atoms with Gasteiger partial charge in [-0.3, -0.25) is 4.79 Å². The molecule has 0 radical (unpaired) electrons. The van der Waals surface area contributed by atoms with Gasteiger partial charge in [0.25, 0.3) is 0 Å². The molecule has 140 valence electrons. The molecule has 0 aliphatic carbocycles. The first-order valence-corrected chi connectivity index (χ1v) is 8.79. The van der Waals surface area contributed by atoms with Gasteiger partial charge < -0.3 is 14.8 Å². The molecule has 7 heteroatoms. The number of benzene rings is 2. The van der Waals surface area contributed by atoms with Crippen LogP contribution in [0.15, 0.2) is 48.5 Å². The molecule has 3 aromatic rings. The molecule has 0 saturated heterocycles. The van der Waals surface area contributed by atoms with Gasteiger partial charge in [0, 0.05) is 17.7 Å². The number of hydrogen-bond donors (Lipinski definition) is 1. The lowest BCUT2D eigenvalue weighted by Gasteiger charge is -2.09. The summed E-state index contributed by atoms with van der Waals surface area (Å²) in [5, 5.41) is 7.33. The van der Waals surface area contributed by atoms with Gasteiger partial charge in [0.15, 0.2) is 5.82 Å². The van der Waals surface area contributed by atoms with Crippen LogP contribution in [0.1, 0.15) is 20.3 Å². The van der Waals surface area contributed by atoms with E-state index in [-0.39, 0.29) is 5.91 Å². The molecule has 1 N–H and O–H groups in total. The Morgan fingerprint density at radius 1 is 1.15 bits per heavy atom. The molecule has 3 rings (SSSR count). The third-order valence-electron chi connectivity index (χ3n) is 3.88. The number of methoxy groups -OCH3 is 1. The van der Waals surface area contributed by atoms with Crippen molar-refractivity contribution in [2.45, 2.75) is 20.3 Å². The summed E-state index contributed by atoms with van der Waals surface area (Å²) in [6.45, 7) is 4.16. The third kappa shape index (κ3) is 4.25. The summed E-state index contributed by atoms with van der Waals surface area (Å²) in [7, 11) is 1.62. The van der Waals surface area contributed by atoms with Crippen molar-refractivity contribution in [3.63, 3.8) is 0 Å². The van der Waals surface area contributed by atoms with E-state index in [4.69, 9.17) is 9.47 Å². The predicted octanol–water partition coefficient (Wildman–Crippen LogP) is 3.69. The van der Waals surface area contributed by atoms with E-state index in [1.165, 1.54) is 0 Å². The highest BCUT2D eigenvalue weighted by atomic mass is 16.5. The van der Waals surface area contributed by atoms with Crippen molar-refractivity contribution in [2.75, 3.05) is 19.0 Å². The number of nitrogens with one attached hydrogen (secondary N) is 1. The Labute approximate surface area is 158 Å². The van der Waals surface area contributed by atoms with Gasteiger partial charge in [0.2, 0.25) is 5.91 Å². The van der Waals surface area contributed by atoms with Crippen LogP contribution in [0.25, 0.3) is 17.1 Å². The molecule has 1 heterocycles. The second-order valence-electron chi connectivity index (χ2n) is 5.75. The summed E-state index contributed by atoms with van der Waals surface area (Å²) in [4.78, 5) is 16.2. The van der Waals surface area contributed by atoms with E-state index in [1.807, 2.05) is 62.4 Å². The van der Waals surface area contributed by atoms with Crippen molar-refractivity contribution in [2.24, 2.45) is 0 Å². The number of carbonyl (C=O) groups excluding carboxylic acids is 1. The van der Waals surface area contributed by atoms with Gasteiger partial charge in [-0.1, -0.05) is 25.1 Å². The zero-order valence-corrected chi connectivity index (χ0v) is 15.6. The molecular formula is C20H22N4O3. The minimum atomic E-state index is -0.0474. The van der Waals surface area contributed by atoms with E-state index in [0.29, 0.717) is 30.5 Å². The number of aromatic nitrogens is 3. The maximum absolute atomic E-state index is 11.7. The first kappa shape index (κ1) is 18.4. The summed E-state index contributed by atoms with van der Waals surface area (Å²) in [5.74, 6) is 1.30. The molecule has 0 saturated carbocycles. The van der Waals surface area contributed by atoms with Crippen LogP contribution in [-0.2, 0) is 4.79 Å². The summed E-state index contributed by atoms with van der Waals surface area (Å²) in [6, 6.07) is 15.3. The molecule has 0 unspecified atom stereocenters. The minimum absolute atomic E-state index is 0.0474. The highest BCUT2D eigenvalue weighted by Gasteiger charge is 2.15. The standard InChI is InChI=1S/C20H22N4O3/c1-4-18(25)21-15-9-7-10-16(13-15)24-19(22-20(23-24)27-5-2)14-8-6-11-17(12-14)26-3/h6-13H,4-5H2,1-3H3,(H,21,25). The quantitative estimate of drug-likeness (QED) is 0.690. The van der Waals surface area contributed by atoms with Crippen LogP contribution in [0, 0.1) is 0 Å². The zero-order valence-electron chi connectivity index (χ0n) is 15.6. The fourth-order valence-corrected chi connectivity index (χ4v) is 2.58. The lowest BCUT2D eigenvalue weighted by atomic mass is 10.2. The van der Waals surface area contributed by atoms with Crippen LogP contribution in [0.2, 0.25) is 0 Å². The number of rotatable bonds is 7. The Hall–Kier alpha value is -3.35. The van der Waals surface area contributed by atoms with Gasteiger partial charge in [-0.15, -0.1) is 5.10 Å². The van der Waals surface area contributed by atoms with Crippen LogP contribution >= 0.6 is 0 Å². The van der Waals surface area contributed by atoms with Gasteiger partial charge in [0.05, 0.1) is 19.4 Å². The summed E-state index contributed by atoms with van der Waals surface area (Å²) in [5.41, 5.74) is 2.31. The molecule has 27 heavy (non-hydrogen) atoms. The Morgan fingerprint density at radius 2 is 1.96 bits per heavy atom. The Kier molecular flexibility index (Phi) is 5.71. The Balaban J connectivity index is 2.06. The number of carbonyl (C=O) groups is 1. The normalized spacial score (nSPS) is 10.5. The molecule has 0 aliphatic rings. The van der Waals surface area contributed by atoms with E-state index in [2.05, 4.69) is 15.4 Å². The Bertz CT molecular complexity index is 936.